The molecular formula is C20H20N2O4. The van der Waals surface area contributed by atoms with Crippen molar-refractivity contribution in [2.75, 3.05) is 14.2 Å². The number of imide groups is 1. The molecule has 0 bridgehead atoms. The second-order valence-electron chi connectivity index (χ2n) is 5.98. The lowest BCUT2D eigenvalue weighted by Gasteiger charge is -2.12. The van der Waals surface area contributed by atoms with Crippen LogP contribution in [0, 0.1) is 6.92 Å². The van der Waals surface area contributed by atoms with Gasteiger partial charge in [0.15, 0.2) is 0 Å². The number of amides is 3. The molecule has 2 aromatic rings. The average Bonchev–Trinajstić information content (AvgIpc) is 2.89. The van der Waals surface area contributed by atoms with Gasteiger partial charge in [0.2, 0.25) is 0 Å². The number of nitrogens with zero attached hydrogens (tertiary/aromatic N) is 1. The summed E-state index contributed by atoms with van der Waals surface area (Å²) in [6.07, 6.45) is 1.61. The normalized spacial score (nSPS) is 15.3. The van der Waals surface area contributed by atoms with Crippen LogP contribution in [-0.4, -0.2) is 31.1 Å². The van der Waals surface area contributed by atoms with Crippen LogP contribution < -0.4 is 14.8 Å². The first-order valence-corrected chi connectivity index (χ1v) is 8.14. The molecule has 0 aromatic heterocycles. The number of benzene rings is 2. The lowest BCUT2D eigenvalue weighted by molar-refractivity contribution is -0.123. The highest BCUT2D eigenvalue weighted by atomic mass is 16.5. The zero-order valence-electron chi connectivity index (χ0n) is 14.9. The third-order valence-electron chi connectivity index (χ3n) is 4.13. The Morgan fingerprint density at radius 1 is 1.08 bits per heavy atom. The van der Waals surface area contributed by atoms with E-state index in [2.05, 4.69) is 5.32 Å². The van der Waals surface area contributed by atoms with Gasteiger partial charge in [0.05, 0.1) is 20.8 Å². The molecule has 0 aliphatic carbocycles. The summed E-state index contributed by atoms with van der Waals surface area (Å²) in [4.78, 5) is 26.1. The average molecular weight is 352 g/mol. The Kier molecular flexibility index (Phi) is 4.93. The van der Waals surface area contributed by atoms with E-state index < -0.39 is 6.03 Å². The number of methoxy groups -OCH3 is 2. The van der Waals surface area contributed by atoms with E-state index >= 15 is 0 Å². The van der Waals surface area contributed by atoms with E-state index in [1.165, 1.54) is 12.0 Å². The molecule has 0 atom stereocenters. The minimum atomic E-state index is -0.435. The van der Waals surface area contributed by atoms with Crippen LogP contribution in [0.15, 0.2) is 48.2 Å². The van der Waals surface area contributed by atoms with Crippen molar-refractivity contribution >= 4 is 18.0 Å². The molecule has 3 rings (SSSR count). The maximum atomic E-state index is 12.6. The molecule has 6 nitrogen and oxygen atoms in total. The molecule has 1 N–H and O–H groups in total. The van der Waals surface area contributed by atoms with Crippen LogP contribution in [0.25, 0.3) is 6.08 Å². The largest absolute Gasteiger partial charge is 0.497 e. The van der Waals surface area contributed by atoms with Gasteiger partial charge in [0.1, 0.15) is 17.2 Å². The van der Waals surface area contributed by atoms with E-state index in [9.17, 15) is 9.59 Å². The molecule has 1 saturated heterocycles. The third-order valence-corrected chi connectivity index (χ3v) is 4.13. The lowest BCUT2D eigenvalue weighted by atomic mass is 10.1. The highest BCUT2D eigenvalue weighted by Gasteiger charge is 2.33. The minimum absolute atomic E-state index is 0.214. The monoisotopic (exact) mass is 352 g/mol. The first-order valence-electron chi connectivity index (χ1n) is 8.14. The third kappa shape index (κ3) is 3.54. The minimum Gasteiger partial charge on any atom is -0.497 e. The summed E-state index contributed by atoms with van der Waals surface area (Å²) >= 11 is 0. The molecule has 1 aliphatic heterocycles. The summed E-state index contributed by atoms with van der Waals surface area (Å²) in [6.45, 7) is 2.19. The van der Waals surface area contributed by atoms with Crippen molar-refractivity contribution < 1.29 is 19.1 Å². The van der Waals surface area contributed by atoms with Gasteiger partial charge in [-0.2, -0.15) is 0 Å². The van der Waals surface area contributed by atoms with E-state index in [1.807, 2.05) is 31.2 Å². The molecule has 1 aliphatic rings. The molecule has 134 valence electrons. The Morgan fingerprint density at radius 3 is 2.58 bits per heavy atom. The highest BCUT2D eigenvalue weighted by molar-refractivity contribution is 6.14. The summed E-state index contributed by atoms with van der Waals surface area (Å²) < 4.78 is 10.5. The second-order valence-corrected chi connectivity index (χ2v) is 5.98. The SMILES string of the molecule is COc1ccc(/C=C2/NC(=O)N(Cc3cccc(C)c3)C2=O)c(OC)c1. The Hall–Kier alpha value is -3.28. The van der Waals surface area contributed by atoms with Gasteiger partial charge < -0.3 is 14.8 Å². The molecule has 0 spiro atoms. The summed E-state index contributed by atoms with van der Waals surface area (Å²) in [7, 11) is 3.10. The first kappa shape index (κ1) is 17.5. The molecule has 1 fully saturated rings. The summed E-state index contributed by atoms with van der Waals surface area (Å²) in [6, 6.07) is 12.5. The van der Waals surface area contributed by atoms with Gasteiger partial charge in [0, 0.05) is 11.6 Å². The Labute approximate surface area is 152 Å². The van der Waals surface area contributed by atoms with Crippen molar-refractivity contribution in [3.8, 4) is 11.5 Å². The molecule has 0 radical (unpaired) electrons. The van der Waals surface area contributed by atoms with E-state index in [0.717, 1.165) is 11.1 Å². The lowest BCUT2D eigenvalue weighted by Crippen LogP contribution is -2.30. The zero-order valence-corrected chi connectivity index (χ0v) is 14.9. The van der Waals surface area contributed by atoms with Crippen LogP contribution in [0.1, 0.15) is 16.7 Å². The summed E-state index contributed by atoms with van der Waals surface area (Å²) in [5, 5.41) is 2.63. The molecule has 0 unspecified atom stereocenters. The smallest absolute Gasteiger partial charge is 0.329 e. The predicted octanol–water partition coefficient (Wildman–Crippen LogP) is 3.11. The van der Waals surface area contributed by atoms with E-state index in [-0.39, 0.29) is 18.1 Å². The number of carbonyl (C=O) groups is 2. The van der Waals surface area contributed by atoms with Crippen molar-refractivity contribution in [3.05, 3.63) is 64.9 Å². The first-order chi connectivity index (χ1) is 12.5. The van der Waals surface area contributed by atoms with E-state index in [1.54, 1.807) is 31.4 Å². The number of hydrogen-bond acceptors (Lipinski definition) is 4. The van der Waals surface area contributed by atoms with Crippen LogP contribution in [0.5, 0.6) is 11.5 Å². The van der Waals surface area contributed by atoms with Crippen molar-refractivity contribution in [1.82, 2.24) is 10.2 Å². The molecule has 3 amide bonds. The Balaban J connectivity index is 1.85. The van der Waals surface area contributed by atoms with Crippen LogP contribution in [-0.2, 0) is 11.3 Å². The number of urea groups is 1. The Bertz CT molecular complexity index is 889. The van der Waals surface area contributed by atoms with Gasteiger partial charge in [-0.1, -0.05) is 29.8 Å². The summed E-state index contributed by atoms with van der Waals surface area (Å²) in [5.74, 6) is 0.831. The highest BCUT2D eigenvalue weighted by Crippen LogP contribution is 2.27. The van der Waals surface area contributed by atoms with Crippen molar-refractivity contribution in [3.63, 3.8) is 0 Å². The topological polar surface area (TPSA) is 67.9 Å². The second kappa shape index (κ2) is 7.31. The maximum absolute atomic E-state index is 12.6. The van der Waals surface area contributed by atoms with Crippen LogP contribution in [0.3, 0.4) is 0 Å². The number of nitrogens with one attached hydrogen (secondary N) is 1. The quantitative estimate of drug-likeness (QED) is 0.663. The van der Waals surface area contributed by atoms with Crippen LogP contribution >= 0.6 is 0 Å². The fourth-order valence-electron chi connectivity index (χ4n) is 2.80. The summed E-state index contributed by atoms with van der Waals surface area (Å²) in [5.41, 5.74) is 2.87. The van der Waals surface area contributed by atoms with Crippen molar-refractivity contribution in [2.45, 2.75) is 13.5 Å². The van der Waals surface area contributed by atoms with Gasteiger partial charge >= 0.3 is 6.03 Å². The zero-order chi connectivity index (χ0) is 18.7. The number of hydrogen-bond donors (Lipinski definition) is 1. The van der Waals surface area contributed by atoms with Crippen molar-refractivity contribution in [2.24, 2.45) is 0 Å². The fraction of sp³-hybridized carbons (Fsp3) is 0.200. The van der Waals surface area contributed by atoms with E-state index in [4.69, 9.17) is 9.47 Å². The molecule has 1 heterocycles. The number of rotatable bonds is 5. The van der Waals surface area contributed by atoms with Gasteiger partial charge in [-0.05, 0) is 30.7 Å². The van der Waals surface area contributed by atoms with Gasteiger partial charge in [0.25, 0.3) is 5.91 Å². The number of ether oxygens (including phenoxy) is 2. The van der Waals surface area contributed by atoms with Gasteiger partial charge in [-0.3, -0.25) is 9.69 Å². The molecule has 6 heteroatoms. The van der Waals surface area contributed by atoms with E-state index in [0.29, 0.717) is 17.1 Å². The molecule has 26 heavy (non-hydrogen) atoms. The number of carbonyl (C=O) groups excluding carboxylic acids is 2. The van der Waals surface area contributed by atoms with Gasteiger partial charge in [-0.25, -0.2) is 4.79 Å². The Morgan fingerprint density at radius 2 is 1.88 bits per heavy atom. The standard InChI is InChI=1S/C20H20N2O4/c1-13-5-4-6-14(9-13)12-22-19(23)17(21-20(22)24)10-15-7-8-16(25-2)11-18(15)26-3/h4-11H,12H2,1-3H3,(H,21,24)/b17-10+. The molecular weight excluding hydrogens is 332 g/mol. The molecule has 0 saturated carbocycles. The van der Waals surface area contributed by atoms with Crippen LogP contribution in [0.2, 0.25) is 0 Å². The predicted molar refractivity (Wildman–Crippen MR) is 97.8 cm³/mol. The maximum Gasteiger partial charge on any atom is 0.329 e. The van der Waals surface area contributed by atoms with Crippen LogP contribution in [0.4, 0.5) is 4.79 Å². The fourth-order valence-corrected chi connectivity index (χ4v) is 2.80. The van der Waals surface area contributed by atoms with Gasteiger partial charge in [-0.15, -0.1) is 0 Å². The van der Waals surface area contributed by atoms with Crippen molar-refractivity contribution in [1.29, 1.82) is 0 Å². The number of aryl methyl sites for hydroxylation is 1. The molecule has 2 aromatic carbocycles.